The highest BCUT2D eigenvalue weighted by Gasteiger charge is 2.24. The highest BCUT2D eigenvalue weighted by atomic mass is 16.3. The lowest BCUT2D eigenvalue weighted by atomic mass is 9.95. The van der Waals surface area contributed by atoms with Crippen molar-refractivity contribution < 1.29 is 14.7 Å². The Morgan fingerprint density at radius 1 is 1.47 bits per heavy atom. The molecule has 0 spiro atoms. The predicted molar refractivity (Wildman–Crippen MR) is 61.4 cm³/mol. The van der Waals surface area contributed by atoms with Crippen molar-refractivity contribution in [2.75, 3.05) is 33.8 Å². The van der Waals surface area contributed by atoms with Gasteiger partial charge in [-0.05, 0) is 19.3 Å². The highest BCUT2D eigenvalue weighted by molar-refractivity contribution is 4.92. The molecule has 15 heavy (non-hydrogen) atoms. The second kappa shape index (κ2) is 5.64. The molecule has 2 atom stereocenters. The van der Waals surface area contributed by atoms with Crippen molar-refractivity contribution in [3.8, 4) is 0 Å². The lowest BCUT2D eigenvalue weighted by Gasteiger charge is -2.34. The first-order chi connectivity index (χ1) is 7.03. The number of allylic oxidation sites excluding steroid dienone is 1. The molecule has 3 heteroatoms. The van der Waals surface area contributed by atoms with Gasteiger partial charge in [0.05, 0.1) is 27.2 Å². The number of rotatable bonds is 5. The van der Waals surface area contributed by atoms with E-state index in [9.17, 15) is 5.11 Å². The first kappa shape index (κ1) is 12.7. The Balaban J connectivity index is 2.40. The van der Waals surface area contributed by atoms with Gasteiger partial charge >= 0.3 is 0 Å². The van der Waals surface area contributed by atoms with Crippen LogP contribution in [0, 0.1) is 5.92 Å². The molecule has 0 aliphatic heterocycles. The zero-order valence-electron chi connectivity index (χ0n) is 9.89. The second-order valence-corrected chi connectivity index (χ2v) is 5.26. The summed E-state index contributed by atoms with van der Waals surface area (Å²) in [7, 11) is 4.22. The van der Waals surface area contributed by atoms with E-state index in [0.717, 1.165) is 11.0 Å². The Hall–Kier alpha value is -0.380. The number of quaternary nitrogens is 1. The Morgan fingerprint density at radius 2 is 2.20 bits per heavy atom. The monoisotopic (exact) mass is 214 g/mol. The minimum absolute atomic E-state index is 0.137. The molecular weight excluding hydrogens is 190 g/mol. The van der Waals surface area contributed by atoms with Crippen LogP contribution in [0.2, 0.25) is 0 Å². The number of hydrogen-bond donors (Lipinski definition) is 2. The van der Waals surface area contributed by atoms with Crippen LogP contribution in [0.25, 0.3) is 0 Å². The number of aliphatic hydroxyl groups excluding tert-OH is 2. The van der Waals surface area contributed by atoms with E-state index in [0.29, 0.717) is 12.5 Å². The van der Waals surface area contributed by atoms with Gasteiger partial charge in [0.2, 0.25) is 0 Å². The van der Waals surface area contributed by atoms with Crippen LogP contribution in [0.1, 0.15) is 19.3 Å². The minimum atomic E-state index is -0.590. The Bertz CT molecular complexity index is 214. The summed E-state index contributed by atoms with van der Waals surface area (Å²) in [5, 5.41) is 18.3. The van der Waals surface area contributed by atoms with Gasteiger partial charge in [-0.15, -0.1) is 0 Å². The zero-order chi connectivity index (χ0) is 11.3. The van der Waals surface area contributed by atoms with Gasteiger partial charge in [-0.3, -0.25) is 0 Å². The fourth-order valence-corrected chi connectivity index (χ4v) is 2.37. The first-order valence-electron chi connectivity index (χ1n) is 5.81. The van der Waals surface area contributed by atoms with Gasteiger partial charge in [0.25, 0.3) is 0 Å². The van der Waals surface area contributed by atoms with Gasteiger partial charge in [0, 0.05) is 5.92 Å². The third kappa shape index (κ3) is 4.78. The lowest BCUT2D eigenvalue weighted by molar-refractivity contribution is -0.896. The molecule has 1 aliphatic carbocycles. The fraction of sp³-hybridized carbons (Fsp3) is 0.833. The SMILES string of the molecule is C[N+](C)(CC(O)CO)CC1C=CCCC1. The molecule has 1 rings (SSSR count). The van der Waals surface area contributed by atoms with E-state index >= 15 is 0 Å². The topological polar surface area (TPSA) is 40.5 Å². The maximum Gasteiger partial charge on any atom is 0.126 e. The van der Waals surface area contributed by atoms with Gasteiger partial charge in [-0.25, -0.2) is 0 Å². The molecule has 0 fully saturated rings. The van der Waals surface area contributed by atoms with Crippen LogP contribution >= 0.6 is 0 Å². The molecule has 1 aliphatic rings. The van der Waals surface area contributed by atoms with Crippen LogP contribution in [-0.4, -0.2) is 54.6 Å². The third-order valence-corrected chi connectivity index (χ3v) is 3.00. The van der Waals surface area contributed by atoms with Crippen molar-refractivity contribution in [2.24, 2.45) is 5.92 Å². The van der Waals surface area contributed by atoms with Crippen LogP contribution in [0.4, 0.5) is 0 Å². The quantitative estimate of drug-likeness (QED) is 0.524. The summed E-state index contributed by atoms with van der Waals surface area (Å²) >= 11 is 0. The van der Waals surface area contributed by atoms with Crippen LogP contribution in [0.3, 0.4) is 0 Å². The summed E-state index contributed by atoms with van der Waals surface area (Å²) in [5.41, 5.74) is 0. The number of aliphatic hydroxyl groups is 2. The van der Waals surface area contributed by atoms with Gasteiger partial charge in [0.1, 0.15) is 12.6 Å². The normalized spacial score (nSPS) is 24.1. The molecule has 0 bridgehead atoms. The average Bonchev–Trinajstić information content (AvgIpc) is 2.17. The van der Waals surface area contributed by atoms with Crippen LogP contribution in [-0.2, 0) is 0 Å². The fourth-order valence-electron chi connectivity index (χ4n) is 2.37. The molecule has 0 saturated heterocycles. The lowest BCUT2D eigenvalue weighted by Crippen LogP contribution is -2.48. The highest BCUT2D eigenvalue weighted by Crippen LogP contribution is 2.19. The molecule has 0 aromatic rings. The van der Waals surface area contributed by atoms with Crippen LogP contribution in [0.15, 0.2) is 12.2 Å². The molecule has 0 radical (unpaired) electrons. The van der Waals surface area contributed by atoms with E-state index < -0.39 is 6.10 Å². The van der Waals surface area contributed by atoms with E-state index in [4.69, 9.17) is 5.11 Å². The standard InChI is InChI=1S/C12H24NO2/c1-13(2,9-12(15)10-14)8-11-6-4-3-5-7-11/h4,6,11-12,14-15H,3,5,7-10H2,1-2H3/q+1. The first-order valence-corrected chi connectivity index (χ1v) is 5.81. The number of nitrogens with zero attached hydrogens (tertiary/aromatic N) is 1. The Kier molecular flexibility index (Phi) is 4.77. The summed E-state index contributed by atoms with van der Waals surface area (Å²) in [4.78, 5) is 0. The summed E-state index contributed by atoms with van der Waals surface area (Å²) in [6.45, 7) is 1.54. The number of hydrogen-bond acceptors (Lipinski definition) is 2. The largest absolute Gasteiger partial charge is 0.393 e. The Labute approximate surface area is 92.6 Å². The molecule has 0 aromatic carbocycles. The van der Waals surface area contributed by atoms with Gasteiger partial charge in [-0.2, -0.15) is 0 Å². The zero-order valence-corrected chi connectivity index (χ0v) is 9.89. The van der Waals surface area contributed by atoms with Crippen LogP contribution < -0.4 is 0 Å². The van der Waals surface area contributed by atoms with Crippen molar-refractivity contribution in [1.29, 1.82) is 0 Å². The summed E-state index contributed by atoms with van der Waals surface area (Å²) < 4.78 is 0.775. The van der Waals surface area contributed by atoms with Crippen molar-refractivity contribution in [1.82, 2.24) is 0 Å². The molecule has 3 nitrogen and oxygen atoms in total. The molecule has 88 valence electrons. The summed E-state index contributed by atoms with van der Waals surface area (Å²) in [6, 6.07) is 0. The van der Waals surface area contributed by atoms with Gasteiger partial charge in [0.15, 0.2) is 0 Å². The van der Waals surface area contributed by atoms with Crippen molar-refractivity contribution in [2.45, 2.75) is 25.4 Å². The molecule has 0 aromatic heterocycles. The van der Waals surface area contributed by atoms with E-state index in [1.165, 1.54) is 19.3 Å². The molecule has 0 amide bonds. The summed E-state index contributed by atoms with van der Waals surface area (Å²) in [6.07, 6.45) is 7.72. The third-order valence-electron chi connectivity index (χ3n) is 3.00. The minimum Gasteiger partial charge on any atom is -0.393 e. The van der Waals surface area contributed by atoms with Gasteiger partial charge in [-0.1, -0.05) is 12.2 Å². The van der Waals surface area contributed by atoms with Crippen molar-refractivity contribution >= 4 is 0 Å². The van der Waals surface area contributed by atoms with Crippen molar-refractivity contribution in [3.63, 3.8) is 0 Å². The second-order valence-electron chi connectivity index (χ2n) is 5.26. The number of likely N-dealkylation sites (N-methyl/N-ethyl adjacent to an activating group) is 1. The maximum atomic E-state index is 9.44. The van der Waals surface area contributed by atoms with Crippen molar-refractivity contribution in [3.05, 3.63) is 12.2 Å². The Morgan fingerprint density at radius 3 is 2.73 bits per heavy atom. The van der Waals surface area contributed by atoms with Gasteiger partial charge < -0.3 is 14.7 Å². The molecular formula is C12H24NO2+. The van der Waals surface area contributed by atoms with E-state index in [1.54, 1.807) is 0 Å². The van der Waals surface area contributed by atoms with Crippen LogP contribution in [0.5, 0.6) is 0 Å². The van der Waals surface area contributed by atoms with E-state index in [-0.39, 0.29) is 6.61 Å². The van der Waals surface area contributed by atoms with E-state index in [2.05, 4.69) is 26.2 Å². The summed E-state index contributed by atoms with van der Waals surface area (Å²) in [5.74, 6) is 0.639. The smallest absolute Gasteiger partial charge is 0.126 e. The molecule has 2 unspecified atom stereocenters. The maximum absolute atomic E-state index is 9.44. The van der Waals surface area contributed by atoms with E-state index in [1.807, 2.05) is 0 Å². The molecule has 0 saturated carbocycles. The predicted octanol–water partition coefficient (Wildman–Crippen LogP) is 0.772. The molecule has 2 N–H and O–H groups in total. The molecule has 0 heterocycles. The average molecular weight is 214 g/mol.